The summed E-state index contributed by atoms with van der Waals surface area (Å²) in [6, 6.07) is 5.37. The Labute approximate surface area is 172 Å². The van der Waals surface area contributed by atoms with Gasteiger partial charge in [-0.05, 0) is 47.4 Å². The lowest BCUT2D eigenvalue weighted by molar-refractivity contribution is 0.0715. The van der Waals surface area contributed by atoms with Gasteiger partial charge in [0.25, 0.3) is 5.91 Å². The molecule has 3 heterocycles. The Balaban J connectivity index is 1.43. The summed E-state index contributed by atoms with van der Waals surface area (Å²) >= 11 is 0. The maximum atomic E-state index is 13.2. The van der Waals surface area contributed by atoms with Crippen LogP contribution in [0.1, 0.15) is 77.3 Å². The van der Waals surface area contributed by atoms with E-state index >= 15 is 0 Å². The molecule has 1 saturated carbocycles. The predicted octanol–water partition coefficient (Wildman–Crippen LogP) is 3.20. The number of rotatable bonds is 4. The minimum Gasteiger partial charge on any atom is -0.378 e. The molecule has 0 unspecified atom stereocenters. The van der Waals surface area contributed by atoms with E-state index < -0.39 is 0 Å². The van der Waals surface area contributed by atoms with Crippen LogP contribution in [-0.2, 0) is 17.7 Å². The van der Waals surface area contributed by atoms with Gasteiger partial charge in [0.2, 0.25) is 0 Å². The summed E-state index contributed by atoms with van der Waals surface area (Å²) in [6.45, 7) is 8.23. The van der Waals surface area contributed by atoms with Gasteiger partial charge in [0.05, 0.1) is 37.1 Å². The van der Waals surface area contributed by atoms with Crippen molar-refractivity contribution < 1.29 is 9.53 Å². The van der Waals surface area contributed by atoms with Gasteiger partial charge in [-0.2, -0.15) is 5.10 Å². The summed E-state index contributed by atoms with van der Waals surface area (Å²) in [5.41, 5.74) is 6.07. The molecule has 6 nitrogen and oxygen atoms in total. The minimum atomic E-state index is 0.0919. The highest BCUT2D eigenvalue weighted by Crippen LogP contribution is 2.35. The molecule has 1 amide bonds. The summed E-state index contributed by atoms with van der Waals surface area (Å²) in [6.07, 6.45) is 6.90. The van der Waals surface area contributed by atoms with Crippen LogP contribution in [-0.4, -0.2) is 46.9 Å². The van der Waals surface area contributed by atoms with Gasteiger partial charge >= 0.3 is 0 Å². The van der Waals surface area contributed by atoms with Gasteiger partial charge in [-0.3, -0.25) is 9.48 Å². The van der Waals surface area contributed by atoms with Crippen molar-refractivity contribution in [3.05, 3.63) is 52.3 Å². The zero-order valence-electron chi connectivity index (χ0n) is 17.4. The van der Waals surface area contributed by atoms with Gasteiger partial charge in [0, 0.05) is 25.8 Å². The average molecular weight is 395 g/mol. The van der Waals surface area contributed by atoms with E-state index in [0.717, 1.165) is 26.1 Å². The van der Waals surface area contributed by atoms with Crippen molar-refractivity contribution in [1.29, 1.82) is 0 Å². The topological polar surface area (TPSA) is 59.4 Å². The van der Waals surface area contributed by atoms with E-state index in [1.165, 1.54) is 35.1 Å². The smallest absolute Gasteiger partial charge is 0.257 e. The van der Waals surface area contributed by atoms with Crippen LogP contribution in [0.25, 0.3) is 0 Å². The Bertz CT molecular complexity index is 910. The molecule has 154 valence electrons. The van der Waals surface area contributed by atoms with Crippen molar-refractivity contribution in [2.45, 2.75) is 57.7 Å². The molecule has 29 heavy (non-hydrogen) atoms. The summed E-state index contributed by atoms with van der Waals surface area (Å²) in [4.78, 5) is 15.1. The molecule has 0 spiro atoms. The van der Waals surface area contributed by atoms with Gasteiger partial charge in [0.15, 0.2) is 0 Å². The standard InChI is InChI=1S/C23H30N4O2/c1-15(2)17-9-16-5-7-26(23(28)18-11-25-27(12-18)19-3-4-19)13-21(16)20(10-17)22-14-29-8-6-24-22/h9-12,15,19,22,24H,3-8,13-14H2,1-2H3/t22-/m0/s1. The van der Waals surface area contributed by atoms with E-state index in [1.807, 2.05) is 15.8 Å². The maximum absolute atomic E-state index is 13.2. The highest BCUT2D eigenvalue weighted by Gasteiger charge is 2.30. The number of nitrogens with zero attached hydrogens (tertiary/aromatic N) is 3. The van der Waals surface area contributed by atoms with Crippen LogP contribution in [0.15, 0.2) is 24.5 Å². The first kappa shape index (κ1) is 18.8. The van der Waals surface area contributed by atoms with Crippen LogP contribution in [0.4, 0.5) is 0 Å². The first-order chi connectivity index (χ1) is 14.1. The molecule has 2 aromatic rings. The highest BCUT2D eigenvalue weighted by atomic mass is 16.5. The molecular weight excluding hydrogens is 364 g/mol. The monoisotopic (exact) mass is 394 g/mol. The van der Waals surface area contributed by atoms with E-state index in [1.54, 1.807) is 6.20 Å². The Morgan fingerprint density at radius 1 is 1.31 bits per heavy atom. The molecule has 1 atom stereocenters. The Morgan fingerprint density at radius 3 is 2.90 bits per heavy atom. The van der Waals surface area contributed by atoms with Crippen LogP contribution in [0, 0.1) is 0 Å². The molecule has 1 aromatic heterocycles. The largest absolute Gasteiger partial charge is 0.378 e. The molecule has 2 aliphatic heterocycles. The van der Waals surface area contributed by atoms with Gasteiger partial charge in [-0.1, -0.05) is 26.0 Å². The summed E-state index contributed by atoms with van der Waals surface area (Å²) < 4.78 is 7.70. The van der Waals surface area contributed by atoms with Crippen LogP contribution in [0.2, 0.25) is 0 Å². The number of benzene rings is 1. The lowest BCUT2D eigenvalue weighted by Crippen LogP contribution is -2.39. The van der Waals surface area contributed by atoms with Crippen molar-refractivity contribution >= 4 is 5.91 Å². The molecule has 2 fully saturated rings. The molecular formula is C23H30N4O2. The van der Waals surface area contributed by atoms with E-state index in [9.17, 15) is 4.79 Å². The van der Waals surface area contributed by atoms with E-state index in [4.69, 9.17) is 4.74 Å². The van der Waals surface area contributed by atoms with Gasteiger partial charge < -0.3 is 15.0 Å². The Morgan fingerprint density at radius 2 is 2.17 bits per heavy atom. The molecule has 0 radical (unpaired) electrons. The molecule has 1 aliphatic carbocycles. The van der Waals surface area contributed by atoms with Crippen molar-refractivity contribution in [2.24, 2.45) is 0 Å². The second-order valence-electron chi connectivity index (χ2n) is 8.90. The van der Waals surface area contributed by atoms with E-state index in [-0.39, 0.29) is 11.9 Å². The van der Waals surface area contributed by atoms with Crippen molar-refractivity contribution in [2.75, 3.05) is 26.3 Å². The van der Waals surface area contributed by atoms with Crippen LogP contribution in [0.3, 0.4) is 0 Å². The lowest BCUT2D eigenvalue weighted by atomic mass is 9.86. The minimum absolute atomic E-state index is 0.0919. The predicted molar refractivity (Wildman–Crippen MR) is 111 cm³/mol. The number of hydrogen-bond donors (Lipinski definition) is 1. The van der Waals surface area contributed by atoms with Gasteiger partial charge in [0.1, 0.15) is 0 Å². The molecule has 1 N–H and O–H groups in total. The Hall–Kier alpha value is -2.18. The molecule has 3 aliphatic rings. The quantitative estimate of drug-likeness (QED) is 0.865. The fourth-order valence-corrected chi connectivity index (χ4v) is 4.48. The summed E-state index contributed by atoms with van der Waals surface area (Å²) in [7, 11) is 0. The van der Waals surface area contributed by atoms with Crippen LogP contribution < -0.4 is 5.32 Å². The molecule has 5 rings (SSSR count). The van der Waals surface area contributed by atoms with Crippen LogP contribution >= 0.6 is 0 Å². The molecule has 0 bridgehead atoms. The zero-order valence-corrected chi connectivity index (χ0v) is 17.4. The average Bonchev–Trinajstić information content (AvgIpc) is 3.49. The number of ether oxygens (including phenoxy) is 1. The number of morpholine rings is 1. The van der Waals surface area contributed by atoms with Gasteiger partial charge in [-0.25, -0.2) is 0 Å². The third-order valence-corrected chi connectivity index (χ3v) is 6.42. The van der Waals surface area contributed by atoms with Crippen molar-refractivity contribution in [3.8, 4) is 0 Å². The van der Waals surface area contributed by atoms with E-state index in [0.29, 0.717) is 30.7 Å². The van der Waals surface area contributed by atoms with Crippen LogP contribution in [0.5, 0.6) is 0 Å². The fourth-order valence-electron chi connectivity index (χ4n) is 4.48. The van der Waals surface area contributed by atoms with Crippen molar-refractivity contribution in [1.82, 2.24) is 20.0 Å². The number of carbonyl (C=O) groups is 1. The van der Waals surface area contributed by atoms with Gasteiger partial charge in [-0.15, -0.1) is 0 Å². The molecule has 1 saturated heterocycles. The number of hydrogen-bond acceptors (Lipinski definition) is 4. The maximum Gasteiger partial charge on any atom is 0.257 e. The SMILES string of the molecule is CC(C)c1cc2c(c([C@@H]3COCCN3)c1)CN(C(=O)c1cnn(C3CC3)c1)CC2. The second kappa shape index (κ2) is 7.58. The number of fused-ring (bicyclic) bond motifs is 1. The first-order valence-corrected chi connectivity index (χ1v) is 10.9. The second-order valence-corrected chi connectivity index (χ2v) is 8.90. The number of amides is 1. The zero-order chi connectivity index (χ0) is 20.0. The summed E-state index contributed by atoms with van der Waals surface area (Å²) in [5, 5.41) is 8.01. The number of aromatic nitrogens is 2. The molecule has 1 aromatic carbocycles. The highest BCUT2D eigenvalue weighted by molar-refractivity contribution is 5.94. The normalized spacial score (nSPS) is 22.0. The van der Waals surface area contributed by atoms with Crippen molar-refractivity contribution in [3.63, 3.8) is 0 Å². The lowest BCUT2D eigenvalue weighted by Gasteiger charge is -2.34. The third kappa shape index (κ3) is 3.71. The van der Waals surface area contributed by atoms with E-state index in [2.05, 4.69) is 36.4 Å². The fraction of sp³-hybridized carbons (Fsp3) is 0.565. The Kier molecular flexibility index (Phi) is 4.92. The number of carbonyl (C=O) groups excluding carboxylic acids is 1. The first-order valence-electron chi connectivity index (χ1n) is 10.9. The summed E-state index contributed by atoms with van der Waals surface area (Å²) in [5.74, 6) is 0.575. The third-order valence-electron chi connectivity index (χ3n) is 6.42. The number of nitrogens with one attached hydrogen (secondary N) is 1. The molecule has 6 heteroatoms.